The number of nitrogens with zero attached hydrogens (tertiary/aromatic N) is 4. The molecule has 1 fully saturated rings. The van der Waals surface area contributed by atoms with Crippen LogP contribution in [0.15, 0.2) is 30.7 Å². The topological polar surface area (TPSA) is 60.6 Å². The highest BCUT2D eigenvalue weighted by Crippen LogP contribution is 2.31. The smallest absolute Gasteiger partial charge is 0.139 e. The third-order valence-electron chi connectivity index (χ3n) is 4.50. The Balaban J connectivity index is 1.71. The molecule has 0 atom stereocenters. The maximum atomic E-state index is 8.80. The summed E-state index contributed by atoms with van der Waals surface area (Å²) in [6.07, 6.45) is 8.27. The average molecular weight is 279 g/mol. The van der Waals surface area contributed by atoms with Crippen LogP contribution in [-0.4, -0.2) is 39.1 Å². The second-order valence-electron chi connectivity index (χ2n) is 5.69. The Kier molecular flexibility index (Phi) is 2.90. The van der Waals surface area contributed by atoms with Gasteiger partial charge in [-0.05, 0) is 25.0 Å². The lowest BCUT2D eigenvalue weighted by Gasteiger charge is -2.31. The Morgan fingerprint density at radius 3 is 3.00 bits per heavy atom. The summed E-state index contributed by atoms with van der Waals surface area (Å²) >= 11 is 0. The standard InChI is InChI=1S/C16H17N5/c17-5-10-20-7-3-13(4-8-20)21-9-2-12-11-19-16-14(15(12)21)1-6-18-16/h1-2,6,9,11,13H,3-4,7-8,10H2,(H,18,19). The van der Waals surface area contributed by atoms with E-state index in [-0.39, 0.29) is 0 Å². The fourth-order valence-corrected chi connectivity index (χ4v) is 3.41. The molecule has 1 saturated heterocycles. The molecule has 21 heavy (non-hydrogen) atoms. The van der Waals surface area contributed by atoms with Crippen molar-refractivity contribution in [3.8, 4) is 6.07 Å². The number of aromatic amines is 1. The summed E-state index contributed by atoms with van der Waals surface area (Å²) in [5.74, 6) is 0. The summed E-state index contributed by atoms with van der Waals surface area (Å²) in [4.78, 5) is 9.87. The predicted octanol–water partition coefficient (Wildman–Crippen LogP) is 2.68. The Morgan fingerprint density at radius 1 is 1.33 bits per heavy atom. The third-order valence-corrected chi connectivity index (χ3v) is 4.50. The number of likely N-dealkylation sites (tertiary alicyclic amines) is 1. The quantitative estimate of drug-likeness (QED) is 0.734. The number of hydrogen-bond donors (Lipinski definition) is 1. The zero-order chi connectivity index (χ0) is 14.2. The van der Waals surface area contributed by atoms with E-state index in [1.165, 1.54) is 16.3 Å². The number of piperidine rings is 1. The fourth-order valence-electron chi connectivity index (χ4n) is 3.41. The predicted molar refractivity (Wildman–Crippen MR) is 81.9 cm³/mol. The highest BCUT2D eigenvalue weighted by atomic mass is 15.1. The lowest BCUT2D eigenvalue weighted by atomic mass is 10.0. The summed E-state index contributed by atoms with van der Waals surface area (Å²) in [5, 5.41) is 11.2. The van der Waals surface area contributed by atoms with Crippen LogP contribution < -0.4 is 0 Å². The number of nitrogens with one attached hydrogen (secondary N) is 1. The van der Waals surface area contributed by atoms with Gasteiger partial charge in [-0.1, -0.05) is 0 Å². The van der Waals surface area contributed by atoms with Crippen molar-refractivity contribution in [2.45, 2.75) is 18.9 Å². The van der Waals surface area contributed by atoms with Crippen LogP contribution in [0.25, 0.3) is 21.9 Å². The highest BCUT2D eigenvalue weighted by Gasteiger charge is 2.22. The van der Waals surface area contributed by atoms with E-state index in [1.807, 2.05) is 12.4 Å². The second-order valence-corrected chi connectivity index (χ2v) is 5.69. The molecule has 0 spiro atoms. The summed E-state index contributed by atoms with van der Waals surface area (Å²) in [7, 11) is 0. The van der Waals surface area contributed by atoms with Crippen molar-refractivity contribution in [3.63, 3.8) is 0 Å². The lowest BCUT2D eigenvalue weighted by Crippen LogP contribution is -2.34. The maximum absolute atomic E-state index is 8.80. The van der Waals surface area contributed by atoms with E-state index in [4.69, 9.17) is 5.26 Å². The molecule has 0 aromatic carbocycles. The molecule has 4 rings (SSSR count). The van der Waals surface area contributed by atoms with Gasteiger partial charge in [0.15, 0.2) is 0 Å². The monoisotopic (exact) mass is 279 g/mol. The van der Waals surface area contributed by atoms with Gasteiger partial charge in [0.2, 0.25) is 0 Å². The molecule has 5 heteroatoms. The van der Waals surface area contributed by atoms with E-state index in [0.29, 0.717) is 12.6 Å². The summed E-state index contributed by atoms with van der Waals surface area (Å²) in [6.45, 7) is 2.55. The van der Waals surface area contributed by atoms with Crippen LogP contribution in [0.2, 0.25) is 0 Å². The molecule has 1 N–H and O–H groups in total. The normalized spacial score (nSPS) is 17.5. The molecule has 1 aliphatic rings. The van der Waals surface area contributed by atoms with E-state index in [0.717, 1.165) is 31.6 Å². The number of aromatic nitrogens is 3. The molecule has 0 unspecified atom stereocenters. The molecule has 0 bridgehead atoms. The maximum Gasteiger partial charge on any atom is 0.139 e. The molecule has 4 heterocycles. The number of nitriles is 1. The van der Waals surface area contributed by atoms with E-state index in [2.05, 4.69) is 43.8 Å². The van der Waals surface area contributed by atoms with Gasteiger partial charge < -0.3 is 9.55 Å². The van der Waals surface area contributed by atoms with Crippen LogP contribution in [0.4, 0.5) is 0 Å². The molecule has 3 aromatic heterocycles. The van der Waals surface area contributed by atoms with Gasteiger partial charge in [-0.25, -0.2) is 4.98 Å². The number of pyridine rings is 1. The highest BCUT2D eigenvalue weighted by molar-refractivity contribution is 6.02. The van der Waals surface area contributed by atoms with Gasteiger partial charge in [0.05, 0.1) is 18.1 Å². The Morgan fingerprint density at radius 2 is 2.19 bits per heavy atom. The number of hydrogen-bond acceptors (Lipinski definition) is 3. The van der Waals surface area contributed by atoms with Crippen molar-refractivity contribution in [2.24, 2.45) is 0 Å². The lowest BCUT2D eigenvalue weighted by molar-refractivity contribution is 0.207. The van der Waals surface area contributed by atoms with Crippen molar-refractivity contribution >= 4 is 21.9 Å². The molecule has 0 amide bonds. The van der Waals surface area contributed by atoms with Crippen LogP contribution in [-0.2, 0) is 0 Å². The fraction of sp³-hybridized carbons (Fsp3) is 0.375. The molecular formula is C16H17N5. The minimum absolute atomic E-state index is 0.512. The molecular weight excluding hydrogens is 262 g/mol. The molecule has 1 aliphatic heterocycles. The molecule has 0 saturated carbocycles. The second kappa shape index (κ2) is 4.90. The van der Waals surface area contributed by atoms with E-state index in [9.17, 15) is 0 Å². The molecule has 5 nitrogen and oxygen atoms in total. The van der Waals surface area contributed by atoms with Gasteiger partial charge in [0.25, 0.3) is 0 Å². The van der Waals surface area contributed by atoms with Crippen molar-refractivity contribution < 1.29 is 0 Å². The van der Waals surface area contributed by atoms with Gasteiger partial charge >= 0.3 is 0 Å². The van der Waals surface area contributed by atoms with Gasteiger partial charge in [0, 0.05) is 48.5 Å². The number of rotatable bonds is 2. The van der Waals surface area contributed by atoms with Crippen LogP contribution in [0.5, 0.6) is 0 Å². The van der Waals surface area contributed by atoms with Crippen molar-refractivity contribution in [2.75, 3.05) is 19.6 Å². The van der Waals surface area contributed by atoms with Gasteiger partial charge in [-0.2, -0.15) is 5.26 Å². The van der Waals surface area contributed by atoms with Crippen LogP contribution in [0.3, 0.4) is 0 Å². The Bertz CT molecular complexity index is 814. The Labute approximate surface area is 122 Å². The van der Waals surface area contributed by atoms with E-state index >= 15 is 0 Å². The summed E-state index contributed by atoms with van der Waals surface area (Å²) in [6, 6.07) is 7.01. The molecule has 0 radical (unpaired) electrons. The molecule has 0 aliphatic carbocycles. The molecule has 106 valence electrons. The largest absolute Gasteiger partial charge is 0.346 e. The van der Waals surface area contributed by atoms with E-state index < -0.39 is 0 Å². The van der Waals surface area contributed by atoms with Crippen molar-refractivity contribution in [1.29, 1.82) is 5.26 Å². The van der Waals surface area contributed by atoms with Crippen LogP contribution >= 0.6 is 0 Å². The van der Waals surface area contributed by atoms with Crippen molar-refractivity contribution in [1.82, 2.24) is 19.4 Å². The number of fused-ring (bicyclic) bond motifs is 3. The van der Waals surface area contributed by atoms with Crippen molar-refractivity contribution in [3.05, 3.63) is 30.7 Å². The van der Waals surface area contributed by atoms with Gasteiger partial charge in [-0.3, -0.25) is 4.90 Å². The van der Waals surface area contributed by atoms with Crippen LogP contribution in [0, 0.1) is 11.3 Å². The summed E-state index contributed by atoms with van der Waals surface area (Å²) < 4.78 is 2.40. The Hall–Kier alpha value is -2.32. The van der Waals surface area contributed by atoms with E-state index in [1.54, 1.807) is 0 Å². The minimum Gasteiger partial charge on any atom is -0.346 e. The van der Waals surface area contributed by atoms with Gasteiger partial charge in [-0.15, -0.1) is 0 Å². The summed E-state index contributed by atoms with van der Waals surface area (Å²) in [5.41, 5.74) is 2.23. The first-order valence-corrected chi connectivity index (χ1v) is 7.39. The first-order chi connectivity index (χ1) is 10.4. The SMILES string of the molecule is N#CCN1CCC(n2ccc3cnc4[nH]ccc4c32)CC1. The minimum atomic E-state index is 0.512. The first kappa shape index (κ1) is 12.4. The van der Waals surface area contributed by atoms with Crippen LogP contribution in [0.1, 0.15) is 18.9 Å². The zero-order valence-electron chi connectivity index (χ0n) is 11.8. The zero-order valence-corrected chi connectivity index (χ0v) is 11.8. The molecule has 3 aromatic rings. The first-order valence-electron chi connectivity index (χ1n) is 7.39. The number of H-pyrrole nitrogens is 1. The van der Waals surface area contributed by atoms with Gasteiger partial charge in [0.1, 0.15) is 5.65 Å². The average Bonchev–Trinajstić information content (AvgIpc) is 3.14. The third kappa shape index (κ3) is 1.99.